The van der Waals surface area contributed by atoms with Gasteiger partial charge in [0.15, 0.2) is 5.65 Å². The molecule has 7 N–H and O–H groups in total. The zero-order valence-corrected chi connectivity index (χ0v) is 43.5. The molecule has 74 heavy (non-hydrogen) atoms. The van der Waals surface area contributed by atoms with E-state index < -0.39 is 12.2 Å². The van der Waals surface area contributed by atoms with Gasteiger partial charge in [-0.25, -0.2) is 24.7 Å². The maximum absolute atomic E-state index is 14.0. The van der Waals surface area contributed by atoms with Crippen molar-refractivity contribution in [2.24, 2.45) is 16.0 Å². The predicted octanol–water partition coefficient (Wildman–Crippen LogP) is 5.31. The first-order valence-electron chi connectivity index (χ1n) is 25.2. The number of ether oxygens (including phenoxy) is 3. The molecule has 8 rings (SSSR count). The number of pyridine rings is 3. The molecule has 19 heteroatoms. The Labute approximate surface area is 432 Å². The Morgan fingerprint density at radius 1 is 0.865 bits per heavy atom. The van der Waals surface area contributed by atoms with Gasteiger partial charge in [-0.15, -0.1) is 0 Å². The van der Waals surface area contributed by atoms with E-state index in [0.717, 1.165) is 67.5 Å². The maximum Gasteiger partial charge on any atom is 0.253 e. The first-order valence-corrected chi connectivity index (χ1v) is 25.2. The fraction of sp³-hybridized carbons (Fsp3) is 0.400. The van der Waals surface area contributed by atoms with Crippen molar-refractivity contribution in [2.75, 3.05) is 65.9 Å². The monoisotopic (exact) mass is 1010 g/mol. The van der Waals surface area contributed by atoms with Crippen molar-refractivity contribution in [1.82, 2.24) is 51.0 Å². The van der Waals surface area contributed by atoms with Crippen LogP contribution >= 0.6 is 0 Å². The summed E-state index contributed by atoms with van der Waals surface area (Å²) in [6.07, 6.45) is 8.37. The number of amides is 1. The number of hydrogen-bond acceptors (Lipinski definition) is 17. The van der Waals surface area contributed by atoms with Crippen LogP contribution in [0.4, 0.5) is 5.69 Å². The Balaban J connectivity index is 0.966. The SMILES string of the molecule is CNCC(O)COc1cccc(C2=CC(NCc3c(C)cc(C)nc3OC)C3C=NN(C(C)Cc4ccncc4C(=O)NCCNc4cc(-c5cccc(OCC(O)CNC)c5)nc5c4cnn5C(C)C)C3=N2)c1. The highest BCUT2D eigenvalue weighted by Gasteiger charge is 2.38. The van der Waals surface area contributed by atoms with Crippen molar-refractivity contribution in [3.05, 3.63) is 125 Å². The zero-order chi connectivity index (χ0) is 52.3. The number of aliphatic imine (C=N–C) groups is 1. The number of methoxy groups -OCH3 is 1. The Morgan fingerprint density at radius 3 is 2.28 bits per heavy atom. The minimum atomic E-state index is -0.660. The number of aliphatic hydroxyl groups excluding tert-OH is 2. The second-order valence-electron chi connectivity index (χ2n) is 19.0. The summed E-state index contributed by atoms with van der Waals surface area (Å²) in [6, 6.07) is 20.9. The molecule has 0 saturated carbocycles. The molecule has 2 aromatic carbocycles. The molecule has 6 aromatic rings. The number of aliphatic hydroxyl groups is 2. The second kappa shape index (κ2) is 24.6. The van der Waals surface area contributed by atoms with Gasteiger partial charge in [-0.2, -0.15) is 10.2 Å². The van der Waals surface area contributed by atoms with Gasteiger partial charge in [0.25, 0.3) is 5.91 Å². The van der Waals surface area contributed by atoms with E-state index in [4.69, 9.17) is 29.3 Å². The van der Waals surface area contributed by atoms with E-state index in [1.54, 1.807) is 33.6 Å². The lowest BCUT2D eigenvalue weighted by atomic mass is 9.93. The molecule has 5 unspecified atom stereocenters. The van der Waals surface area contributed by atoms with Gasteiger partial charge in [-0.3, -0.25) is 9.78 Å². The van der Waals surface area contributed by atoms with Gasteiger partial charge in [-0.05, 0) is 115 Å². The highest BCUT2D eigenvalue weighted by molar-refractivity contribution is 6.06. The van der Waals surface area contributed by atoms with Crippen LogP contribution in [0, 0.1) is 19.8 Å². The van der Waals surface area contributed by atoms with Crippen LogP contribution in [-0.4, -0.2) is 143 Å². The van der Waals surface area contributed by atoms with E-state index >= 15 is 0 Å². The van der Waals surface area contributed by atoms with E-state index in [-0.39, 0.29) is 43.2 Å². The molecule has 0 aliphatic carbocycles. The van der Waals surface area contributed by atoms with Crippen molar-refractivity contribution >= 4 is 40.4 Å². The van der Waals surface area contributed by atoms with E-state index in [1.165, 1.54) is 0 Å². The summed E-state index contributed by atoms with van der Waals surface area (Å²) < 4.78 is 19.5. The van der Waals surface area contributed by atoms with Crippen LogP contribution in [0.5, 0.6) is 17.4 Å². The van der Waals surface area contributed by atoms with E-state index in [2.05, 4.69) is 81.5 Å². The molecular weight excluding hydrogens is 939 g/mol. The summed E-state index contributed by atoms with van der Waals surface area (Å²) in [4.78, 5) is 33.3. The van der Waals surface area contributed by atoms with Gasteiger partial charge in [0, 0.05) is 91.5 Å². The van der Waals surface area contributed by atoms with Gasteiger partial charge in [0.1, 0.15) is 42.8 Å². The summed E-state index contributed by atoms with van der Waals surface area (Å²) >= 11 is 0. The molecule has 5 atom stereocenters. The van der Waals surface area contributed by atoms with Crippen LogP contribution in [0.3, 0.4) is 0 Å². The highest BCUT2D eigenvalue weighted by Crippen LogP contribution is 2.34. The molecule has 0 fully saturated rings. The summed E-state index contributed by atoms with van der Waals surface area (Å²) in [7, 11) is 5.21. The number of amidine groups is 1. The van der Waals surface area contributed by atoms with Crippen LogP contribution in [0.15, 0.2) is 101 Å². The quantitative estimate of drug-likeness (QED) is 0.0361. The number of anilines is 1. The van der Waals surface area contributed by atoms with Gasteiger partial charge in [0.05, 0.1) is 47.6 Å². The first kappa shape index (κ1) is 53.0. The molecule has 2 aliphatic rings. The Morgan fingerprint density at radius 2 is 1.58 bits per heavy atom. The fourth-order valence-corrected chi connectivity index (χ4v) is 9.19. The third-order valence-corrected chi connectivity index (χ3v) is 12.9. The Bertz CT molecular complexity index is 2990. The lowest BCUT2D eigenvalue weighted by Gasteiger charge is -2.31. The van der Waals surface area contributed by atoms with Crippen molar-refractivity contribution in [3.8, 4) is 28.6 Å². The van der Waals surface area contributed by atoms with Gasteiger partial charge < -0.3 is 51.0 Å². The number of carbonyl (C=O) groups excluding carboxylic acids is 1. The number of aromatic nitrogens is 5. The van der Waals surface area contributed by atoms with Crippen molar-refractivity contribution in [2.45, 2.75) is 77.9 Å². The molecule has 0 spiro atoms. The molecule has 4 aromatic heterocycles. The van der Waals surface area contributed by atoms with Gasteiger partial charge in [-0.1, -0.05) is 24.3 Å². The minimum absolute atomic E-state index is 0.0697. The van der Waals surface area contributed by atoms with Gasteiger partial charge in [0.2, 0.25) is 5.88 Å². The van der Waals surface area contributed by atoms with Crippen LogP contribution in [0.2, 0.25) is 0 Å². The zero-order valence-electron chi connectivity index (χ0n) is 43.5. The molecule has 6 heterocycles. The largest absolute Gasteiger partial charge is 0.491 e. The van der Waals surface area contributed by atoms with E-state index in [0.29, 0.717) is 62.1 Å². The lowest BCUT2D eigenvalue weighted by Crippen LogP contribution is -2.45. The van der Waals surface area contributed by atoms with Crippen LogP contribution in [-0.2, 0) is 13.0 Å². The number of fused-ring (bicyclic) bond motifs is 2. The molecule has 1 amide bonds. The smallest absolute Gasteiger partial charge is 0.253 e. The molecule has 0 radical (unpaired) electrons. The van der Waals surface area contributed by atoms with E-state index in [1.807, 2.05) is 89.7 Å². The van der Waals surface area contributed by atoms with Crippen LogP contribution in [0.1, 0.15) is 65.1 Å². The number of carbonyl (C=O) groups is 1. The standard InChI is InChI=1S/C55H69N13O6/c1-33(2)67-52-46(29-62-67)50(23-48(65-52)38-11-9-13-42(21-38)73-31-40(69)25-56-6)59-17-18-60-54(71)45-27-58-16-15-37(45)20-36(5)68-53-47(30-63-68)51(61-28-44-34(3)19-35(4)64-55(44)72-8)24-49(66-53)39-12-10-14-43(22-39)74-32-41(70)26-57-7/h9-16,19,21-24,27,29-30,33,36,40-41,47,51,56-57,61,69-70H,17-18,20,25-26,28,31-32H2,1-8H3,(H,59,65)(H,60,71). The Kier molecular flexibility index (Phi) is 17.6. The van der Waals surface area contributed by atoms with Crippen molar-refractivity contribution < 1.29 is 29.2 Å². The lowest BCUT2D eigenvalue weighted by molar-refractivity contribution is 0.0953. The third kappa shape index (κ3) is 12.7. The number of rotatable bonds is 25. The summed E-state index contributed by atoms with van der Waals surface area (Å²) in [6.45, 7) is 12.6. The number of benzene rings is 2. The number of aryl methyl sites for hydroxylation is 2. The average molecular weight is 1010 g/mol. The normalized spacial score (nSPS) is 16.4. The summed E-state index contributed by atoms with van der Waals surface area (Å²) in [5.41, 5.74) is 8.95. The molecular formula is C55H69N13O6. The number of nitrogens with one attached hydrogen (secondary N) is 5. The molecule has 390 valence electrons. The fourth-order valence-electron chi connectivity index (χ4n) is 9.19. The Hall–Kier alpha value is -7.29. The molecule has 0 bridgehead atoms. The van der Waals surface area contributed by atoms with Gasteiger partial charge >= 0.3 is 0 Å². The second-order valence-corrected chi connectivity index (χ2v) is 19.0. The number of nitrogens with zero attached hydrogens (tertiary/aromatic N) is 8. The van der Waals surface area contributed by atoms with Crippen molar-refractivity contribution in [3.63, 3.8) is 0 Å². The number of hydrogen-bond donors (Lipinski definition) is 7. The predicted molar refractivity (Wildman–Crippen MR) is 289 cm³/mol. The maximum atomic E-state index is 14.0. The number of likely N-dealkylation sites (N-methyl/N-ethyl adjacent to an activating group) is 2. The molecule has 2 aliphatic heterocycles. The average Bonchev–Trinajstić information content (AvgIpc) is 4.05. The van der Waals surface area contributed by atoms with Crippen molar-refractivity contribution in [1.29, 1.82) is 0 Å². The molecule has 19 nitrogen and oxygen atoms in total. The topological polar surface area (TPSA) is 230 Å². The summed E-state index contributed by atoms with van der Waals surface area (Å²) in [5.74, 6) is 2.16. The number of hydrazone groups is 1. The summed E-state index contributed by atoms with van der Waals surface area (Å²) in [5, 5.41) is 49.3. The molecule has 0 saturated heterocycles. The highest BCUT2D eigenvalue weighted by atomic mass is 16.5. The van der Waals surface area contributed by atoms with Crippen LogP contribution in [0.25, 0.3) is 28.0 Å². The van der Waals surface area contributed by atoms with E-state index in [9.17, 15) is 15.0 Å². The third-order valence-electron chi connectivity index (χ3n) is 12.9. The van der Waals surface area contributed by atoms with Crippen LogP contribution < -0.4 is 40.8 Å². The minimum Gasteiger partial charge on any atom is -0.491 e. The first-order chi connectivity index (χ1) is 35.8.